The van der Waals surface area contributed by atoms with E-state index in [1.807, 2.05) is 17.0 Å². The van der Waals surface area contributed by atoms with Crippen LogP contribution in [-0.2, 0) is 20.2 Å². The Bertz CT molecular complexity index is 788. The Hall–Kier alpha value is -1.40. The summed E-state index contributed by atoms with van der Waals surface area (Å²) >= 11 is 0. The summed E-state index contributed by atoms with van der Waals surface area (Å²) in [6.45, 7) is 11.1. The number of hydrogen-bond acceptors (Lipinski definition) is 3. The summed E-state index contributed by atoms with van der Waals surface area (Å²) < 4.78 is 27.5. The lowest BCUT2D eigenvalue weighted by Gasteiger charge is -2.36. The molecule has 2 aliphatic rings. The zero-order valence-corrected chi connectivity index (χ0v) is 18.5. The Morgan fingerprint density at radius 2 is 1.61 bits per heavy atom. The highest BCUT2D eigenvalue weighted by Crippen LogP contribution is 2.28. The van der Waals surface area contributed by atoms with E-state index in [4.69, 9.17) is 0 Å². The summed E-state index contributed by atoms with van der Waals surface area (Å²) in [5, 5.41) is 0. The zero-order chi connectivity index (χ0) is 20.5. The van der Waals surface area contributed by atoms with Crippen LogP contribution in [0.15, 0.2) is 29.2 Å². The molecule has 0 bridgehead atoms. The van der Waals surface area contributed by atoms with E-state index in [-0.39, 0.29) is 17.2 Å². The van der Waals surface area contributed by atoms with Crippen molar-refractivity contribution in [3.8, 4) is 0 Å². The minimum Gasteiger partial charge on any atom is -0.342 e. The van der Waals surface area contributed by atoms with Crippen molar-refractivity contribution < 1.29 is 13.2 Å². The van der Waals surface area contributed by atoms with Gasteiger partial charge in [0, 0.05) is 32.1 Å². The molecular formula is C22H34N2O3S. The zero-order valence-electron chi connectivity index (χ0n) is 17.6. The molecule has 0 N–H and O–H groups in total. The molecule has 0 aliphatic carbocycles. The van der Waals surface area contributed by atoms with Crippen LogP contribution in [0.25, 0.3) is 0 Å². The quantitative estimate of drug-likeness (QED) is 0.770. The predicted molar refractivity (Wildman–Crippen MR) is 112 cm³/mol. The van der Waals surface area contributed by atoms with Gasteiger partial charge in [-0.1, -0.05) is 39.8 Å². The Morgan fingerprint density at radius 3 is 2.14 bits per heavy atom. The molecule has 1 aromatic rings. The van der Waals surface area contributed by atoms with Crippen molar-refractivity contribution in [2.24, 2.45) is 11.8 Å². The fraction of sp³-hybridized carbons (Fsp3) is 0.682. The van der Waals surface area contributed by atoms with Crippen LogP contribution in [0.3, 0.4) is 0 Å². The van der Waals surface area contributed by atoms with Gasteiger partial charge >= 0.3 is 0 Å². The van der Waals surface area contributed by atoms with Crippen LogP contribution in [0.2, 0.25) is 0 Å². The van der Waals surface area contributed by atoms with Crippen molar-refractivity contribution in [3.63, 3.8) is 0 Å². The molecule has 156 valence electrons. The number of nitrogens with zero attached hydrogens (tertiary/aromatic N) is 2. The molecule has 2 saturated heterocycles. The summed E-state index contributed by atoms with van der Waals surface area (Å²) in [5.41, 5.74) is 1.11. The van der Waals surface area contributed by atoms with Gasteiger partial charge in [0.1, 0.15) is 0 Å². The number of piperidine rings is 2. The molecule has 3 rings (SSSR count). The van der Waals surface area contributed by atoms with Crippen LogP contribution in [-0.4, -0.2) is 49.7 Å². The third kappa shape index (κ3) is 4.60. The minimum absolute atomic E-state index is 0.00700. The normalized spacial score (nSPS) is 23.0. The predicted octanol–water partition coefficient (Wildman–Crippen LogP) is 3.64. The molecule has 0 radical (unpaired) electrons. The van der Waals surface area contributed by atoms with E-state index in [0.29, 0.717) is 36.7 Å². The second-order valence-corrected chi connectivity index (χ2v) is 11.4. The molecule has 6 heteroatoms. The number of hydrogen-bond donors (Lipinski definition) is 0. The number of carbonyl (C=O) groups excluding carboxylic acids is 1. The third-order valence-electron chi connectivity index (χ3n) is 6.13. The molecule has 5 nitrogen and oxygen atoms in total. The highest BCUT2D eigenvalue weighted by atomic mass is 32.2. The van der Waals surface area contributed by atoms with Gasteiger partial charge in [0.05, 0.1) is 4.90 Å². The first-order chi connectivity index (χ1) is 13.1. The number of rotatable bonds is 3. The van der Waals surface area contributed by atoms with Gasteiger partial charge in [0.2, 0.25) is 15.9 Å². The van der Waals surface area contributed by atoms with Gasteiger partial charge in [0.15, 0.2) is 0 Å². The van der Waals surface area contributed by atoms with Crippen molar-refractivity contribution in [1.82, 2.24) is 9.21 Å². The summed E-state index contributed by atoms with van der Waals surface area (Å²) in [5.74, 6) is 0.743. The Morgan fingerprint density at radius 1 is 1.00 bits per heavy atom. The number of likely N-dealkylation sites (tertiary alicyclic amines) is 1. The van der Waals surface area contributed by atoms with Gasteiger partial charge in [-0.15, -0.1) is 0 Å². The molecule has 1 aromatic carbocycles. The molecule has 28 heavy (non-hydrogen) atoms. The molecule has 1 amide bonds. The largest absolute Gasteiger partial charge is 0.342 e. The van der Waals surface area contributed by atoms with E-state index in [2.05, 4.69) is 27.7 Å². The summed E-state index contributed by atoms with van der Waals surface area (Å²) in [6.07, 6.45) is 3.49. The lowest BCUT2D eigenvalue weighted by molar-refractivity contribution is -0.138. The molecule has 0 saturated carbocycles. The number of amides is 1. The van der Waals surface area contributed by atoms with Gasteiger partial charge in [-0.05, 0) is 54.7 Å². The summed E-state index contributed by atoms with van der Waals surface area (Å²) in [7, 11) is -3.50. The van der Waals surface area contributed by atoms with Crippen LogP contribution < -0.4 is 0 Å². The lowest BCUT2D eigenvalue weighted by Crippen LogP contribution is -2.46. The fourth-order valence-electron chi connectivity index (χ4n) is 4.27. The monoisotopic (exact) mass is 406 g/mol. The molecule has 1 atom stereocenters. The van der Waals surface area contributed by atoms with Crippen molar-refractivity contribution >= 4 is 15.9 Å². The maximum Gasteiger partial charge on any atom is 0.243 e. The first-order valence-electron chi connectivity index (χ1n) is 10.5. The number of sulfonamides is 1. The molecule has 0 spiro atoms. The van der Waals surface area contributed by atoms with Crippen molar-refractivity contribution in [3.05, 3.63) is 29.8 Å². The average molecular weight is 407 g/mol. The van der Waals surface area contributed by atoms with Crippen LogP contribution in [0.1, 0.15) is 58.9 Å². The Kier molecular flexibility index (Phi) is 6.20. The first-order valence-corrected chi connectivity index (χ1v) is 11.9. The van der Waals surface area contributed by atoms with Gasteiger partial charge in [-0.25, -0.2) is 8.42 Å². The lowest BCUT2D eigenvalue weighted by atomic mass is 9.87. The Balaban J connectivity index is 1.62. The minimum atomic E-state index is -3.50. The maximum absolute atomic E-state index is 13.0. The van der Waals surface area contributed by atoms with E-state index in [1.165, 1.54) is 6.42 Å². The van der Waals surface area contributed by atoms with Crippen molar-refractivity contribution in [2.45, 2.75) is 63.7 Å². The maximum atomic E-state index is 13.0. The number of carbonyl (C=O) groups is 1. The standard InChI is InChI=1S/C22H34N2O3S/c1-17-6-5-13-23(16-17)21(25)18-11-14-24(15-12-18)28(26,27)20-9-7-19(8-10-20)22(2,3)4/h7-10,17-18H,5-6,11-16H2,1-4H3. The Labute approximate surface area is 170 Å². The second-order valence-electron chi connectivity index (χ2n) is 9.48. The number of benzene rings is 1. The highest BCUT2D eigenvalue weighted by Gasteiger charge is 2.34. The van der Waals surface area contributed by atoms with Crippen LogP contribution in [0, 0.1) is 11.8 Å². The van der Waals surface area contributed by atoms with E-state index in [0.717, 1.165) is 25.1 Å². The van der Waals surface area contributed by atoms with Gasteiger partial charge in [-0.2, -0.15) is 4.31 Å². The van der Waals surface area contributed by atoms with E-state index in [9.17, 15) is 13.2 Å². The van der Waals surface area contributed by atoms with Crippen LogP contribution in [0.4, 0.5) is 0 Å². The van der Waals surface area contributed by atoms with E-state index in [1.54, 1.807) is 16.4 Å². The van der Waals surface area contributed by atoms with Crippen LogP contribution in [0.5, 0.6) is 0 Å². The topological polar surface area (TPSA) is 57.7 Å². The van der Waals surface area contributed by atoms with Gasteiger partial charge < -0.3 is 4.90 Å². The van der Waals surface area contributed by atoms with Gasteiger partial charge in [-0.3, -0.25) is 4.79 Å². The summed E-state index contributed by atoms with van der Waals surface area (Å²) in [6, 6.07) is 7.23. The molecule has 2 aliphatic heterocycles. The SMILES string of the molecule is CC1CCCN(C(=O)C2CCN(S(=O)(=O)c3ccc(C(C)(C)C)cc3)CC2)C1. The first kappa shape index (κ1) is 21.3. The fourth-order valence-corrected chi connectivity index (χ4v) is 5.74. The molecule has 2 fully saturated rings. The smallest absolute Gasteiger partial charge is 0.243 e. The summed E-state index contributed by atoms with van der Waals surface area (Å²) in [4.78, 5) is 15.2. The molecule has 1 unspecified atom stereocenters. The van der Waals surface area contributed by atoms with Crippen LogP contribution >= 0.6 is 0 Å². The van der Waals surface area contributed by atoms with Crippen molar-refractivity contribution in [2.75, 3.05) is 26.2 Å². The van der Waals surface area contributed by atoms with E-state index >= 15 is 0 Å². The average Bonchev–Trinajstić information content (AvgIpc) is 2.67. The molecule has 0 aromatic heterocycles. The van der Waals surface area contributed by atoms with Crippen molar-refractivity contribution in [1.29, 1.82) is 0 Å². The van der Waals surface area contributed by atoms with Gasteiger partial charge in [0.25, 0.3) is 0 Å². The third-order valence-corrected chi connectivity index (χ3v) is 8.04. The second kappa shape index (κ2) is 8.15. The molecular weight excluding hydrogens is 372 g/mol. The highest BCUT2D eigenvalue weighted by molar-refractivity contribution is 7.89. The molecule has 2 heterocycles. The van der Waals surface area contributed by atoms with E-state index < -0.39 is 10.0 Å².